The minimum atomic E-state index is -1.55. The summed E-state index contributed by atoms with van der Waals surface area (Å²) in [5.74, 6) is -0.133. The fraction of sp³-hybridized carbons (Fsp3) is 0.986. The Morgan fingerprint density at radius 2 is 0.625 bits per heavy atom. The van der Waals surface area contributed by atoms with Gasteiger partial charge in [0.25, 0.3) is 0 Å². The van der Waals surface area contributed by atoms with Gasteiger partial charge in [-0.3, -0.25) is 4.79 Å². The van der Waals surface area contributed by atoms with E-state index in [1.54, 1.807) is 0 Å². The van der Waals surface area contributed by atoms with Crippen LogP contribution in [0.3, 0.4) is 0 Å². The van der Waals surface area contributed by atoms with Crippen LogP contribution >= 0.6 is 0 Å². The monoisotopic (exact) mass is 1140 g/mol. The van der Waals surface area contributed by atoms with E-state index in [-0.39, 0.29) is 12.5 Å². The molecule has 0 aromatic heterocycles. The van der Waals surface area contributed by atoms with Crippen molar-refractivity contribution in [3.05, 3.63) is 0 Å². The van der Waals surface area contributed by atoms with Crippen molar-refractivity contribution in [2.75, 3.05) is 13.2 Å². The minimum absolute atomic E-state index is 0.130. The summed E-state index contributed by atoms with van der Waals surface area (Å²) in [5, 5.41) is 55.0. The summed E-state index contributed by atoms with van der Waals surface area (Å²) < 4.78 is 11.4. The van der Waals surface area contributed by atoms with E-state index >= 15 is 0 Å². The number of hydrogen-bond acceptors (Lipinski definition) is 8. The predicted octanol–water partition coefficient (Wildman–Crippen LogP) is 19.7. The summed E-state index contributed by atoms with van der Waals surface area (Å²) in [6.07, 6.45) is 70.4. The molecule has 1 aliphatic heterocycles. The van der Waals surface area contributed by atoms with Crippen molar-refractivity contribution >= 4 is 5.91 Å². The fourth-order valence-electron chi connectivity index (χ4n) is 12.3. The molecule has 0 aromatic carbocycles. The SMILES string of the molecule is CCCCCCCCCCCCCCCCCCCCCCCCCCCCCCCC(O)C(COC1OC(CO)C(O)C(O)C1O)NC(=O)CCCCCCCCCCCCCCCCCCCCCCCCCCCCCC. The molecule has 478 valence electrons. The number of aliphatic hydroxyl groups excluding tert-OH is 5. The number of rotatable bonds is 65. The standard InChI is InChI=1S/C71H141NO8/c1-3-5-7-9-11-13-15-17-19-21-23-25-27-29-31-33-34-36-38-40-42-44-46-48-50-52-54-56-58-60-65(74)64(63-79-71-70(78)69(77)68(76)66(62-73)80-71)72-67(75)61-59-57-55-53-51-49-47-45-43-41-39-37-35-32-30-28-26-24-22-20-18-16-14-12-10-8-6-4-2/h64-66,68-71,73-74,76-78H,3-63H2,1-2H3,(H,72,75). The Bertz CT molecular complexity index is 1220. The molecule has 9 heteroatoms. The maximum absolute atomic E-state index is 13.2. The molecule has 7 unspecified atom stereocenters. The average Bonchev–Trinajstić information content (AvgIpc) is 3.46. The number of nitrogens with one attached hydrogen (secondary N) is 1. The molecule has 6 N–H and O–H groups in total. The molecule has 1 fully saturated rings. The van der Waals surface area contributed by atoms with Crippen LogP contribution in [0.25, 0.3) is 0 Å². The molecular weight excluding hydrogens is 995 g/mol. The first-order valence-electron chi connectivity index (χ1n) is 36.2. The van der Waals surface area contributed by atoms with E-state index < -0.39 is 49.5 Å². The van der Waals surface area contributed by atoms with Crippen LogP contribution in [0.5, 0.6) is 0 Å². The molecule has 1 heterocycles. The van der Waals surface area contributed by atoms with Gasteiger partial charge in [-0.1, -0.05) is 373 Å². The zero-order chi connectivity index (χ0) is 57.9. The Morgan fingerprint density at radius 3 is 0.887 bits per heavy atom. The third kappa shape index (κ3) is 49.5. The van der Waals surface area contributed by atoms with Gasteiger partial charge in [-0.05, 0) is 12.8 Å². The topological polar surface area (TPSA) is 149 Å². The maximum Gasteiger partial charge on any atom is 0.220 e. The van der Waals surface area contributed by atoms with E-state index in [4.69, 9.17) is 9.47 Å². The molecule has 0 radical (unpaired) electrons. The quantitative estimate of drug-likeness (QED) is 0.0330. The second kappa shape index (κ2) is 61.3. The van der Waals surface area contributed by atoms with E-state index in [9.17, 15) is 30.3 Å². The van der Waals surface area contributed by atoms with Gasteiger partial charge in [-0.2, -0.15) is 0 Å². The Labute approximate surface area is 497 Å². The third-order valence-electron chi connectivity index (χ3n) is 18.0. The largest absolute Gasteiger partial charge is 0.394 e. The van der Waals surface area contributed by atoms with Gasteiger partial charge in [0.15, 0.2) is 6.29 Å². The smallest absolute Gasteiger partial charge is 0.220 e. The molecule has 0 bridgehead atoms. The number of carbonyl (C=O) groups excluding carboxylic acids is 1. The molecule has 1 rings (SSSR count). The predicted molar refractivity (Wildman–Crippen MR) is 341 cm³/mol. The van der Waals surface area contributed by atoms with Crippen molar-refractivity contribution in [1.29, 1.82) is 0 Å². The summed E-state index contributed by atoms with van der Waals surface area (Å²) in [5.41, 5.74) is 0. The summed E-state index contributed by atoms with van der Waals surface area (Å²) >= 11 is 0. The first-order chi connectivity index (χ1) is 39.3. The molecule has 1 saturated heterocycles. The van der Waals surface area contributed by atoms with Crippen LogP contribution in [0.15, 0.2) is 0 Å². The van der Waals surface area contributed by atoms with Crippen LogP contribution < -0.4 is 5.32 Å². The molecule has 1 aliphatic rings. The van der Waals surface area contributed by atoms with E-state index in [0.717, 1.165) is 38.5 Å². The number of hydrogen-bond donors (Lipinski definition) is 6. The third-order valence-corrected chi connectivity index (χ3v) is 18.0. The molecule has 80 heavy (non-hydrogen) atoms. The Kier molecular flexibility index (Phi) is 59.1. The van der Waals surface area contributed by atoms with Gasteiger partial charge in [0.2, 0.25) is 5.91 Å². The highest BCUT2D eigenvalue weighted by Crippen LogP contribution is 2.24. The second-order valence-corrected chi connectivity index (χ2v) is 25.8. The van der Waals surface area contributed by atoms with E-state index in [1.807, 2.05) is 0 Å². The van der Waals surface area contributed by atoms with Crippen molar-refractivity contribution in [1.82, 2.24) is 5.32 Å². The highest BCUT2D eigenvalue weighted by molar-refractivity contribution is 5.76. The lowest BCUT2D eigenvalue weighted by molar-refractivity contribution is -0.302. The molecule has 0 saturated carbocycles. The van der Waals surface area contributed by atoms with Gasteiger partial charge >= 0.3 is 0 Å². The van der Waals surface area contributed by atoms with Crippen LogP contribution in [-0.2, 0) is 14.3 Å². The van der Waals surface area contributed by atoms with Crippen LogP contribution in [-0.4, -0.2) is 87.5 Å². The van der Waals surface area contributed by atoms with Gasteiger partial charge in [0.05, 0.1) is 25.4 Å². The first kappa shape index (κ1) is 77.2. The van der Waals surface area contributed by atoms with Crippen molar-refractivity contribution < 1.29 is 39.8 Å². The highest BCUT2D eigenvalue weighted by atomic mass is 16.7. The first-order valence-corrected chi connectivity index (χ1v) is 36.2. The molecule has 0 spiro atoms. The number of aliphatic hydroxyl groups is 5. The lowest BCUT2D eigenvalue weighted by atomic mass is 9.99. The van der Waals surface area contributed by atoms with Crippen LogP contribution in [0.1, 0.15) is 393 Å². The summed E-state index contributed by atoms with van der Waals surface area (Å²) in [6, 6.07) is -0.715. The van der Waals surface area contributed by atoms with Crippen LogP contribution in [0, 0.1) is 0 Å². The summed E-state index contributed by atoms with van der Waals surface area (Å²) in [4.78, 5) is 13.2. The normalized spacial score (nSPS) is 18.3. The average molecular weight is 1140 g/mol. The Morgan fingerprint density at radius 1 is 0.375 bits per heavy atom. The molecular formula is C71H141NO8. The molecule has 9 nitrogen and oxygen atoms in total. The van der Waals surface area contributed by atoms with E-state index in [1.165, 1.54) is 327 Å². The van der Waals surface area contributed by atoms with Gasteiger partial charge < -0.3 is 40.3 Å². The molecule has 0 aromatic rings. The molecule has 7 atom stereocenters. The van der Waals surface area contributed by atoms with Crippen LogP contribution in [0.4, 0.5) is 0 Å². The highest BCUT2D eigenvalue weighted by Gasteiger charge is 2.44. The second-order valence-electron chi connectivity index (χ2n) is 25.8. The molecule has 1 amide bonds. The Hall–Kier alpha value is -0.810. The summed E-state index contributed by atoms with van der Waals surface area (Å²) in [6.45, 7) is 3.91. The van der Waals surface area contributed by atoms with Crippen LogP contribution in [0.2, 0.25) is 0 Å². The van der Waals surface area contributed by atoms with Crippen molar-refractivity contribution in [2.24, 2.45) is 0 Å². The van der Waals surface area contributed by atoms with E-state index in [2.05, 4.69) is 19.2 Å². The number of carbonyl (C=O) groups is 1. The van der Waals surface area contributed by atoms with Gasteiger partial charge in [0.1, 0.15) is 24.4 Å². The zero-order valence-electron chi connectivity index (χ0n) is 53.6. The van der Waals surface area contributed by atoms with Gasteiger partial charge in [-0.15, -0.1) is 0 Å². The summed E-state index contributed by atoms with van der Waals surface area (Å²) in [7, 11) is 0. The van der Waals surface area contributed by atoms with Crippen molar-refractivity contribution in [3.8, 4) is 0 Å². The zero-order valence-corrected chi connectivity index (χ0v) is 53.6. The number of amides is 1. The number of ether oxygens (including phenoxy) is 2. The van der Waals surface area contributed by atoms with Crippen molar-refractivity contribution in [3.63, 3.8) is 0 Å². The number of unbranched alkanes of at least 4 members (excludes halogenated alkanes) is 55. The minimum Gasteiger partial charge on any atom is -0.394 e. The lowest BCUT2D eigenvalue weighted by Crippen LogP contribution is -2.60. The molecule has 0 aliphatic carbocycles. The maximum atomic E-state index is 13.2. The fourth-order valence-corrected chi connectivity index (χ4v) is 12.3. The van der Waals surface area contributed by atoms with Crippen molar-refractivity contribution in [2.45, 2.75) is 436 Å². The van der Waals surface area contributed by atoms with E-state index in [0.29, 0.717) is 12.8 Å². The lowest BCUT2D eigenvalue weighted by Gasteiger charge is -2.40. The van der Waals surface area contributed by atoms with Gasteiger partial charge in [0, 0.05) is 6.42 Å². The Balaban J connectivity index is 2.08. The van der Waals surface area contributed by atoms with Gasteiger partial charge in [-0.25, -0.2) is 0 Å².